The number of nitrogens with zero attached hydrogens (tertiary/aromatic N) is 4. The molecule has 0 amide bonds. The molecule has 0 aliphatic carbocycles. The summed E-state index contributed by atoms with van der Waals surface area (Å²) >= 11 is 0. The molecular formula is C12H4N4O. The summed E-state index contributed by atoms with van der Waals surface area (Å²) in [5.74, 6) is 0.620. The Morgan fingerprint density at radius 2 is 1.18 bits per heavy atom. The number of rotatable bonds is 2. The van der Waals surface area contributed by atoms with Crippen LogP contribution in [0.25, 0.3) is 12.2 Å². The Balaban J connectivity index is 3.05. The third kappa shape index (κ3) is 3.10. The largest absolute Gasteiger partial charge is 0.457 e. The van der Waals surface area contributed by atoms with Gasteiger partial charge in [-0.3, -0.25) is 0 Å². The molecular weight excluding hydrogens is 216 g/mol. The van der Waals surface area contributed by atoms with Gasteiger partial charge in [-0.2, -0.15) is 21.0 Å². The number of hydrogen-bond acceptors (Lipinski definition) is 5. The van der Waals surface area contributed by atoms with Gasteiger partial charge in [-0.05, 0) is 12.1 Å². The minimum Gasteiger partial charge on any atom is -0.457 e. The molecule has 5 nitrogen and oxygen atoms in total. The van der Waals surface area contributed by atoms with Gasteiger partial charge in [0.15, 0.2) is 0 Å². The molecule has 5 heteroatoms. The Bertz CT molecular complexity index is 562. The summed E-state index contributed by atoms with van der Waals surface area (Å²) < 4.78 is 5.19. The van der Waals surface area contributed by atoms with E-state index in [1.165, 1.54) is 24.3 Å². The molecule has 78 valence electrons. The van der Waals surface area contributed by atoms with E-state index >= 15 is 0 Å². The number of allylic oxidation sites excluding steroid dienone is 2. The molecule has 0 bridgehead atoms. The molecule has 1 aromatic heterocycles. The third-order valence-electron chi connectivity index (χ3n) is 1.70. The van der Waals surface area contributed by atoms with Crippen molar-refractivity contribution in [2.45, 2.75) is 0 Å². The second-order valence-electron chi connectivity index (χ2n) is 2.80. The molecule has 0 spiro atoms. The molecule has 0 saturated carbocycles. The van der Waals surface area contributed by atoms with Gasteiger partial charge in [0.25, 0.3) is 0 Å². The van der Waals surface area contributed by atoms with E-state index < -0.39 is 0 Å². The summed E-state index contributed by atoms with van der Waals surface area (Å²) in [5, 5.41) is 34.1. The van der Waals surface area contributed by atoms with Crippen LogP contribution in [0.15, 0.2) is 27.7 Å². The van der Waals surface area contributed by atoms with Crippen LogP contribution in [-0.4, -0.2) is 0 Å². The Morgan fingerprint density at radius 1 is 0.824 bits per heavy atom. The van der Waals surface area contributed by atoms with Crippen molar-refractivity contribution in [1.82, 2.24) is 0 Å². The van der Waals surface area contributed by atoms with Gasteiger partial charge in [-0.15, -0.1) is 0 Å². The van der Waals surface area contributed by atoms with Gasteiger partial charge in [-0.1, -0.05) is 0 Å². The summed E-state index contributed by atoms with van der Waals surface area (Å²) in [6.07, 6.45) is 2.55. The standard InChI is InChI=1S/C12H4N4O/c13-5-9(6-14)3-11-1-2-12(17-11)4-10(7-15)8-16/h1-4H. The van der Waals surface area contributed by atoms with E-state index in [0.717, 1.165) is 0 Å². The van der Waals surface area contributed by atoms with Gasteiger partial charge < -0.3 is 4.42 Å². The first kappa shape index (κ1) is 11.8. The van der Waals surface area contributed by atoms with E-state index in [4.69, 9.17) is 25.5 Å². The lowest BCUT2D eigenvalue weighted by molar-refractivity contribution is 0.547. The molecule has 1 aromatic rings. The SMILES string of the molecule is N#CC(C#N)=Cc1ccc(C=C(C#N)C#N)o1. The van der Waals surface area contributed by atoms with Crippen molar-refractivity contribution < 1.29 is 4.42 Å². The average Bonchev–Trinajstić information content (AvgIpc) is 2.80. The van der Waals surface area contributed by atoms with Crippen LogP contribution in [0.1, 0.15) is 11.5 Å². The molecule has 17 heavy (non-hydrogen) atoms. The molecule has 0 N–H and O–H groups in total. The first-order valence-corrected chi connectivity index (χ1v) is 4.37. The van der Waals surface area contributed by atoms with Crippen LogP contribution >= 0.6 is 0 Å². The van der Waals surface area contributed by atoms with E-state index in [2.05, 4.69) is 0 Å². The summed E-state index contributed by atoms with van der Waals surface area (Å²) in [5.41, 5.74) is -0.175. The zero-order valence-corrected chi connectivity index (χ0v) is 8.51. The van der Waals surface area contributed by atoms with Gasteiger partial charge in [-0.25, -0.2) is 0 Å². The fourth-order valence-corrected chi connectivity index (χ4v) is 0.987. The maximum Gasteiger partial charge on any atom is 0.133 e. The van der Waals surface area contributed by atoms with Crippen LogP contribution in [0, 0.1) is 45.3 Å². The van der Waals surface area contributed by atoms with Crippen LogP contribution < -0.4 is 0 Å². The highest BCUT2D eigenvalue weighted by molar-refractivity contribution is 5.62. The normalized spacial score (nSPS) is 7.76. The molecule has 1 heterocycles. The van der Waals surface area contributed by atoms with E-state index in [1.54, 1.807) is 24.3 Å². The lowest BCUT2D eigenvalue weighted by atomic mass is 10.2. The van der Waals surface area contributed by atoms with E-state index in [-0.39, 0.29) is 11.1 Å². The third-order valence-corrected chi connectivity index (χ3v) is 1.70. The van der Waals surface area contributed by atoms with E-state index in [1.807, 2.05) is 0 Å². The van der Waals surface area contributed by atoms with Crippen molar-refractivity contribution in [1.29, 1.82) is 21.0 Å². The number of furan rings is 1. The maximum absolute atomic E-state index is 8.54. The minimum atomic E-state index is -0.0873. The highest BCUT2D eigenvalue weighted by Gasteiger charge is 2.01. The molecule has 0 saturated heterocycles. The first-order valence-electron chi connectivity index (χ1n) is 4.37. The van der Waals surface area contributed by atoms with E-state index in [0.29, 0.717) is 11.5 Å². The van der Waals surface area contributed by atoms with Crippen LogP contribution in [0.2, 0.25) is 0 Å². The Morgan fingerprint density at radius 3 is 1.47 bits per heavy atom. The van der Waals surface area contributed by atoms with Crippen molar-refractivity contribution in [3.63, 3.8) is 0 Å². The van der Waals surface area contributed by atoms with Crippen LogP contribution in [0.5, 0.6) is 0 Å². The fraction of sp³-hybridized carbons (Fsp3) is 0. The van der Waals surface area contributed by atoms with Gasteiger partial charge in [0, 0.05) is 12.2 Å². The van der Waals surface area contributed by atoms with Gasteiger partial charge in [0.05, 0.1) is 0 Å². The Labute approximate surface area is 97.3 Å². The predicted octanol–water partition coefficient (Wildman–Crippen LogP) is 2.14. The highest BCUT2D eigenvalue weighted by Crippen LogP contribution is 2.14. The smallest absolute Gasteiger partial charge is 0.133 e. The van der Waals surface area contributed by atoms with Crippen molar-refractivity contribution >= 4 is 12.2 Å². The van der Waals surface area contributed by atoms with Crippen LogP contribution in [0.4, 0.5) is 0 Å². The second kappa shape index (κ2) is 5.56. The zero-order valence-electron chi connectivity index (χ0n) is 8.51. The van der Waals surface area contributed by atoms with Gasteiger partial charge in [0.2, 0.25) is 0 Å². The Kier molecular flexibility index (Phi) is 3.86. The number of hydrogen-bond donors (Lipinski definition) is 0. The molecule has 0 aromatic carbocycles. The highest BCUT2D eigenvalue weighted by atomic mass is 16.3. The fourth-order valence-electron chi connectivity index (χ4n) is 0.987. The predicted molar refractivity (Wildman–Crippen MR) is 57.1 cm³/mol. The topological polar surface area (TPSA) is 108 Å². The molecule has 0 radical (unpaired) electrons. The molecule has 0 aliphatic heterocycles. The summed E-state index contributed by atoms with van der Waals surface area (Å²) in [7, 11) is 0. The molecule has 0 atom stereocenters. The minimum absolute atomic E-state index is 0.0873. The lowest BCUT2D eigenvalue weighted by Gasteiger charge is -1.85. The summed E-state index contributed by atoms with van der Waals surface area (Å²) in [6, 6.07) is 9.84. The van der Waals surface area contributed by atoms with E-state index in [9.17, 15) is 0 Å². The van der Waals surface area contributed by atoms with Crippen molar-refractivity contribution in [3.8, 4) is 24.3 Å². The molecule has 0 aliphatic rings. The van der Waals surface area contributed by atoms with Gasteiger partial charge in [0.1, 0.15) is 46.9 Å². The van der Waals surface area contributed by atoms with Crippen molar-refractivity contribution in [3.05, 3.63) is 34.8 Å². The quantitative estimate of drug-likeness (QED) is 0.709. The molecule has 0 unspecified atom stereocenters. The zero-order chi connectivity index (χ0) is 12.7. The monoisotopic (exact) mass is 220 g/mol. The van der Waals surface area contributed by atoms with Crippen LogP contribution in [0.3, 0.4) is 0 Å². The van der Waals surface area contributed by atoms with Gasteiger partial charge >= 0.3 is 0 Å². The molecule has 0 fully saturated rings. The lowest BCUT2D eigenvalue weighted by Crippen LogP contribution is -1.72. The maximum atomic E-state index is 8.54. The van der Waals surface area contributed by atoms with Crippen molar-refractivity contribution in [2.75, 3.05) is 0 Å². The average molecular weight is 220 g/mol. The molecule has 1 rings (SSSR count). The first-order chi connectivity index (χ1) is 8.23. The Hall–Kier alpha value is -3.28. The summed E-state index contributed by atoms with van der Waals surface area (Å²) in [6.45, 7) is 0. The second-order valence-corrected chi connectivity index (χ2v) is 2.80. The number of nitriles is 4. The van der Waals surface area contributed by atoms with Crippen molar-refractivity contribution in [2.24, 2.45) is 0 Å². The van der Waals surface area contributed by atoms with Crippen LogP contribution in [-0.2, 0) is 0 Å². The summed E-state index contributed by atoms with van der Waals surface area (Å²) in [4.78, 5) is 0.